The third-order valence-corrected chi connectivity index (χ3v) is 6.90. The third-order valence-electron chi connectivity index (χ3n) is 5.15. The summed E-state index contributed by atoms with van der Waals surface area (Å²) in [5.74, 6) is -0.651. The first-order valence-corrected chi connectivity index (χ1v) is 11.3. The summed E-state index contributed by atoms with van der Waals surface area (Å²) in [4.78, 5) is 17.0. The second-order valence-corrected chi connectivity index (χ2v) is 9.33. The molecule has 1 aliphatic heterocycles. The Bertz CT molecular complexity index is 1370. The Morgan fingerprint density at radius 1 is 1.26 bits per heavy atom. The van der Waals surface area contributed by atoms with Crippen LogP contribution in [-0.2, 0) is 16.0 Å². The lowest BCUT2D eigenvalue weighted by Gasteiger charge is -2.34. The molecule has 0 saturated carbocycles. The summed E-state index contributed by atoms with van der Waals surface area (Å²) in [6.45, 7) is 8.30. The molecule has 2 aromatic carbocycles. The molecule has 1 heterocycles. The van der Waals surface area contributed by atoms with Crippen molar-refractivity contribution >= 4 is 21.6 Å². The number of allylic oxidation sites excluding steroid dienone is 1. The van der Waals surface area contributed by atoms with Gasteiger partial charge in [0.1, 0.15) is 0 Å². The number of aliphatic hydroxyl groups excluding tert-OH is 1. The van der Waals surface area contributed by atoms with E-state index in [-0.39, 0.29) is 33.1 Å². The molecule has 0 fully saturated rings. The van der Waals surface area contributed by atoms with Crippen LogP contribution >= 0.6 is 0 Å². The summed E-state index contributed by atoms with van der Waals surface area (Å²) < 4.78 is 65.0. The van der Waals surface area contributed by atoms with Crippen molar-refractivity contribution in [1.82, 2.24) is 5.32 Å². The number of amides is 2. The van der Waals surface area contributed by atoms with Gasteiger partial charge in [0.25, 0.3) is 0 Å². The number of urea groups is 1. The van der Waals surface area contributed by atoms with Crippen LogP contribution in [0, 0.1) is 17.9 Å². The Morgan fingerprint density at radius 2 is 1.97 bits per heavy atom. The minimum absolute atomic E-state index is 0.00478. The van der Waals surface area contributed by atoms with Crippen LogP contribution in [-0.4, -0.2) is 31.9 Å². The zero-order valence-corrected chi connectivity index (χ0v) is 18.4. The summed E-state index contributed by atoms with van der Waals surface area (Å²) in [5, 5.41) is 20.8. The van der Waals surface area contributed by atoms with Crippen molar-refractivity contribution in [2.45, 2.75) is 24.0 Å². The largest absolute Gasteiger partial charge is 0.416 e. The Hall–Kier alpha value is -3.87. The summed E-state index contributed by atoms with van der Waals surface area (Å²) >= 11 is 0. The molecule has 0 aliphatic carbocycles. The van der Waals surface area contributed by atoms with Crippen LogP contribution in [0.1, 0.15) is 29.7 Å². The fraction of sp³-hybridized carbons (Fsp3) is 0.227. The molecule has 0 saturated heterocycles. The van der Waals surface area contributed by atoms with E-state index in [9.17, 15) is 31.6 Å². The maximum Gasteiger partial charge on any atom is 0.416 e. The Morgan fingerprint density at radius 3 is 2.56 bits per heavy atom. The lowest BCUT2D eigenvalue weighted by molar-refractivity contribution is -0.137. The molecule has 3 rings (SSSR count). The highest BCUT2D eigenvalue weighted by atomic mass is 32.2. The van der Waals surface area contributed by atoms with E-state index in [1.807, 2.05) is 6.07 Å². The van der Waals surface area contributed by atoms with Gasteiger partial charge in [0.2, 0.25) is 5.70 Å². The van der Waals surface area contributed by atoms with Crippen LogP contribution in [0.2, 0.25) is 0 Å². The molecule has 2 N–H and O–H groups in total. The molecule has 34 heavy (non-hydrogen) atoms. The van der Waals surface area contributed by atoms with Gasteiger partial charge in [-0.2, -0.15) is 18.4 Å². The van der Waals surface area contributed by atoms with E-state index in [0.717, 1.165) is 29.2 Å². The molecule has 1 atom stereocenters. The van der Waals surface area contributed by atoms with E-state index in [1.54, 1.807) is 0 Å². The number of halogens is 3. The van der Waals surface area contributed by atoms with Gasteiger partial charge in [-0.05, 0) is 42.8 Å². The fourth-order valence-electron chi connectivity index (χ4n) is 3.58. The van der Waals surface area contributed by atoms with E-state index >= 15 is 0 Å². The normalized spacial score (nSPS) is 16.6. The lowest BCUT2D eigenvalue weighted by atomic mass is 9.99. The maximum atomic E-state index is 13.2. The second kappa shape index (κ2) is 9.17. The number of hydrogen-bond donors (Lipinski definition) is 2. The zero-order valence-electron chi connectivity index (χ0n) is 17.6. The van der Waals surface area contributed by atoms with E-state index in [4.69, 9.17) is 11.7 Å². The van der Waals surface area contributed by atoms with Crippen LogP contribution in [0.25, 0.3) is 4.85 Å². The van der Waals surface area contributed by atoms with Gasteiger partial charge in [-0.3, -0.25) is 4.90 Å². The zero-order chi connectivity index (χ0) is 25.3. The molecule has 176 valence electrons. The number of nitrogens with zero attached hydrogens (tertiary/aromatic N) is 3. The van der Waals surface area contributed by atoms with Crippen molar-refractivity contribution in [2.75, 3.05) is 17.3 Å². The summed E-state index contributed by atoms with van der Waals surface area (Å²) in [5.41, 5.74) is -1.22. The number of benzene rings is 2. The van der Waals surface area contributed by atoms with Gasteiger partial charge < -0.3 is 10.4 Å². The smallest absolute Gasteiger partial charge is 0.395 e. The van der Waals surface area contributed by atoms with Gasteiger partial charge in [-0.15, -0.1) is 0 Å². The molecule has 8 nitrogen and oxygen atoms in total. The highest BCUT2D eigenvalue weighted by molar-refractivity contribution is 7.91. The molecule has 0 spiro atoms. The Balaban J connectivity index is 2.19. The number of nitriles is 1. The minimum Gasteiger partial charge on any atom is -0.395 e. The summed E-state index contributed by atoms with van der Waals surface area (Å²) in [7, 11) is -4.09. The van der Waals surface area contributed by atoms with E-state index in [2.05, 4.69) is 10.2 Å². The van der Waals surface area contributed by atoms with E-state index in [1.165, 1.54) is 25.1 Å². The molecule has 2 aromatic rings. The van der Waals surface area contributed by atoms with Gasteiger partial charge in [0.15, 0.2) is 9.84 Å². The molecule has 2 amide bonds. The predicted molar refractivity (Wildman–Crippen MR) is 115 cm³/mol. The first-order chi connectivity index (χ1) is 15.9. The van der Waals surface area contributed by atoms with E-state index in [0.29, 0.717) is 0 Å². The number of hydrogen-bond acceptors (Lipinski definition) is 5. The van der Waals surface area contributed by atoms with Crippen molar-refractivity contribution in [3.05, 3.63) is 82.0 Å². The van der Waals surface area contributed by atoms with Crippen LogP contribution < -0.4 is 10.2 Å². The average Bonchev–Trinajstić information content (AvgIpc) is 2.78. The molecular weight excluding hydrogens is 473 g/mol. The van der Waals surface area contributed by atoms with E-state index < -0.39 is 46.0 Å². The first kappa shape index (κ1) is 24.8. The van der Waals surface area contributed by atoms with Crippen molar-refractivity contribution < 1.29 is 31.5 Å². The molecular formula is C22H17F3N4O4S. The number of carbonyl (C=O) groups is 1. The summed E-state index contributed by atoms with van der Waals surface area (Å²) in [6, 6.07) is 7.40. The highest BCUT2D eigenvalue weighted by Gasteiger charge is 2.37. The maximum absolute atomic E-state index is 13.2. The number of anilines is 1. The van der Waals surface area contributed by atoms with Crippen molar-refractivity contribution in [3.8, 4) is 6.07 Å². The number of nitrogens with one attached hydrogen (secondary N) is 1. The number of rotatable bonds is 5. The van der Waals surface area contributed by atoms with Crippen molar-refractivity contribution in [2.24, 2.45) is 0 Å². The molecule has 0 radical (unpaired) electrons. The minimum atomic E-state index is -4.65. The lowest BCUT2D eigenvalue weighted by Crippen LogP contribution is -2.46. The van der Waals surface area contributed by atoms with Crippen molar-refractivity contribution in [1.29, 1.82) is 5.26 Å². The van der Waals surface area contributed by atoms with Gasteiger partial charge in [-0.25, -0.2) is 18.1 Å². The number of sulfone groups is 1. The van der Waals surface area contributed by atoms with Gasteiger partial charge >= 0.3 is 12.2 Å². The average molecular weight is 490 g/mol. The Kier molecular flexibility index (Phi) is 6.68. The van der Waals surface area contributed by atoms with Crippen LogP contribution in [0.3, 0.4) is 0 Å². The molecule has 0 unspecified atom stereocenters. The van der Waals surface area contributed by atoms with Gasteiger partial charge in [-0.1, -0.05) is 12.1 Å². The molecule has 0 aromatic heterocycles. The Labute approximate surface area is 193 Å². The topological polar surface area (TPSA) is 115 Å². The molecule has 12 heteroatoms. The number of carbonyl (C=O) groups excluding carboxylic acids is 1. The quantitative estimate of drug-likeness (QED) is 0.620. The van der Waals surface area contributed by atoms with Gasteiger partial charge in [0.05, 0.1) is 47.1 Å². The summed E-state index contributed by atoms with van der Waals surface area (Å²) in [6.07, 6.45) is -4.65. The fourth-order valence-corrected chi connectivity index (χ4v) is 4.89. The predicted octanol–water partition coefficient (Wildman–Crippen LogP) is 3.76. The monoisotopic (exact) mass is 490 g/mol. The second-order valence-electron chi connectivity index (χ2n) is 7.26. The van der Waals surface area contributed by atoms with Crippen LogP contribution in [0.15, 0.2) is 58.8 Å². The van der Waals surface area contributed by atoms with Gasteiger partial charge in [0, 0.05) is 11.4 Å². The third kappa shape index (κ3) is 4.59. The highest BCUT2D eigenvalue weighted by Crippen LogP contribution is 2.38. The standard InChI is InChI=1S/C22H17F3N4O4S/c1-13-19(27-2)20(17-7-6-14(12-26)10-18(17)34(32,33)9-8-30)28-21(31)29(13)16-5-3-4-15(11-16)22(23,24)25/h3-7,10-11,20,30H,8-9H2,1H3,(H,28,31)/t20-/m1/s1. The van der Waals surface area contributed by atoms with Crippen LogP contribution in [0.4, 0.5) is 23.7 Å². The first-order valence-electron chi connectivity index (χ1n) is 9.68. The SMILES string of the molecule is [C-]#[N+]C1=C(C)N(c2cccc(C(F)(F)F)c2)C(=O)N[C@@H]1c1ccc(C#N)cc1S(=O)(=O)CCO. The number of alkyl halides is 3. The van der Waals surface area contributed by atoms with Crippen molar-refractivity contribution in [3.63, 3.8) is 0 Å². The number of aliphatic hydroxyl groups is 1. The van der Waals surface area contributed by atoms with Crippen LogP contribution in [0.5, 0.6) is 0 Å². The molecule has 1 aliphatic rings. The molecule has 0 bridgehead atoms.